The van der Waals surface area contributed by atoms with Crippen molar-refractivity contribution in [1.29, 1.82) is 0 Å². The molecule has 0 saturated carbocycles. The van der Waals surface area contributed by atoms with Crippen molar-refractivity contribution in [2.75, 3.05) is 0 Å². The molecule has 0 saturated heterocycles. The second kappa shape index (κ2) is 9.63. The fourth-order valence-corrected chi connectivity index (χ4v) is 2.78. The normalized spacial score (nSPS) is 12.5. The smallest absolute Gasteiger partial charge is 0.261 e. The Hall–Kier alpha value is -2.49. The average molecular weight is 384 g/mol. The van der Waals surface area contributed by atoms with E-state index in [9.17, 15) is 4.79 Å². The maximum absolute atomic E-state index is 12.5. The summed E-state index contributed by atoms with van der Waals surface area (Å²) in [4.78, 5) is 12.5. The van der Waals surface area contributed by atoms with Gasteiger partial charge in [-0.1, -0.05) is 52.0 Å². The summed E-state index contributed by atoms with van der Waals surface area (Å²) in [6, 6.07) is 15.8. The van der Waals surface area contributed by atoms with Gasteiger partial charge in [-0.25, -0.2) is 0 Å². The molecule has 0 aliphatic heterocycles. The van der Waals surface area contributed by atoms with Crippen LogP contribution in [0.1, 0.15) is 59.1 Å². The zero-order valence-corrected chi connectivity index (χ0v) is 17.9. The van der Waals surface area contributed by atoms with E-state index < -0.39 is 6.10 Å². The van der Waals surface area contributed by atoms with Gasteiger partial charge in [0.15, 0.2) is 6.10 Å². The van der Waals surface area contributed by atoms with Crippen LogP contribution in [0.5, 0.6) is 11.5 Å². The fourth-order valence-electron chi connectivity index (χ4n) is 2.78. The lowest BCUT2D eigenvalue weighted by Gasteiger charge is -2.21. The van der Waals surface area contributed by atoms with Crippen molar-refractivity contribution in [1.82, 2.24) is 5.32 Å². The van der Waals surface area contributed by atoms with Gasteiger partial charge in [-0.3, -0.25) is 4.79 Å². The summed E-state index contributed by atoms with van der Waals surface area (Å²) in [6.45, 7) is 12.9. The fraction of sp³-hybridized carbons (Fsp3) is 0.458. The van der Waals surface area contributed by atoms with E-state index >= 15 is 0 Å². The van der Waals surface area contributed by atoms with E-state index in [0.29, 0.717) is 18.7 Å². The van der Waals surface area contributed by atoms with Crippen LogP contribution in [0.2, 0.25) is 0 Å². The minimum atomic E-state index is -0.510. The molecule has 0 bridgehead atoms. The minimum Gasteiger partial charge on any atom is -0.491 e. The van der Waals surface area contributed by atoms with Crippen LogP contribution in [0.25, 0.3) is 0 Å². The molecule has 0 aromatic heterocycles. The Morgan fingerprint density at radius 2 is 1.46 bits per heavy atom. The van der Waals surface area contributed by atoms with Crippen molar-refractivity contribution in [3.05, 3.63) is 59.7 Å². The quantitative estimate of drug-likeness (QED) is 0.678. The molecule has 0 heterocycles. The van der Waals surface area contributed by atoms with Crippen molar-refractivity contribution in [2.24, 2.45) is 0 Å². The van der Waals surface area contributed by atoms with Crippen molar-refractivity contribution in [3.63, 3.8) is 0 Å². The number of carbonyl (C=O) groups excluding carboxylic acids is 1. The monoisotopic (exact) mass is 383 g/mol. The molecule has 2 aromatic rings. The molecule has 28 heavy (non-hydrogen) atoms. The zero-order chi connectivity index (χ0) is 20.7. The number of carbonyl (C=O) groups is 1. The Morgan fingerprint density at radius 1 is 0.929 bits per heavy atom. The third-order valence-corrected chi connectivity index (χ3v) is 4.42. The van der Waals surface area contributed by atoms with Crippen LogP contribution in [0.4, 0.5) is 0 Å². The van der Waals surface area contributed by atoms with Gasteiger partial charge in [0.05, 0.1) is 6.10 Å². The van der Waals surface area contributed by atoms with E-state index in [4.69, 9.17) is 9.47 Å². The van der Waals surface area contributed by atoms with Crippen LogP contribution in [0.3, 0.4) is 0 Å². The highest BCUT2D eigenvalue weighted by Gasteiger charge is 2.19. The summed E-state index contributed by atoms with van der Waals surface area (Å²) in [5.41, 5.74) is 2.35. The molecule has 1 amide bonds. The van der Waals surface area contributed by atoms with Gasteiger partial charge in [-0.15, -0.1) is 0 Å². The molecule has 0 aliphatic carbocycles. The van der Waals surface area contributed by atoms with Crippen LogP contribution >= 0.6 is 0 Å². The van der Waals surface area contributed by atoms with Crippen molar-refractivity contribution in [2.45, 2.75) is 72.1 Å². The maximum Gasteiger partial charge on any atom is 0.261 e. The van der Waals surface area contributed by atoms with Crippen molar-refractivity contribution >= 4 is 5.91 Å². The van der Waals surface area contributed by atoms with Crippen LogP contribution < -0.4 is 14.8 Å². The Labute approximate surface area is 169 Å². The SMILES string of the molecule is CCC(Oc1ccc(C(C)(C)C)cc1)C(=O)NCc1ccc(OC(C)C)cc1. The third-order valence-electron chi connectivity index (χ3n) is 4.42. The number of ether oxygens (including phenoxy) is 2. The first-order valence-corrected chi connectivity index (χ1v) is 9.99. The summed E-state index contributed by atoms with van der Waals surface area (Å²) >= 11 is 0. The summed E-state index contributed by atoms with van der Waals surface area (Å²) in [7, 11) is 0. The minimum absolute atomic E-state index is 0.0931. The molecular formula is C24H33NO3. The van der Waals surface area contributed by atoms with Crippen LogP contribution in [0.15, 0.2) is 48.5 Å². The summed E-state index contributed by atoms with van der Waals surface area (Å²) < 4.78 is 11.6. The van der Waals surface area contributed by atoms with Crippen molar-refractivity contribution < 1.29 is 14.3 Å². The van der Waals surface area contributed by atoms with Gasteiger partial charge in [0, 0.05) is 6.54 Å². The molecule has 4 nitrogen and oxygen atoms in total. The molecule has 2 aromatic carbocycles. The van der Waals surface area contributed by atoms with Gasteiger partial charge >= 0.3 is 0 Å². The largest absolute Gasteiger partial charge is 0.491 e. The first-order chi connectivity index (χ1) is 13.2. The predicted molar refractivity (Wildman–Crippen MR) is 114 cm³/mol. The standard InChI is InChI=1S/C24H33NO3/c1-7-22(28-21-14-10-19(11-15-21)24(4,5)6)23(26)25-16-18-8-12-20(13-9-18)27-17(2)3/h8-15,17,22H,7,16H2,1-6H3,(H,25,26). The molecule has 4 heteroatoms. The Kier molecular flexibility index (Phi) is 7.50. The zero-order valence-electron chi connectivity index (χ0n) is 17.9. The van der Waals surface area contributed by atoms with Crippen LogP contribution in [-0.2, 0) is 16.8 Å². The molecular weight excluding hydrogens is 350 g/mol. The Balaban J connectivity index is 1.90. The first-order valence-electron chi connectivity index (χ1n) is 9.99. The number of hydrogen-bond acceptors (Lipinski definition) is 3. The number of amides is 1. The molecule has 0 radical (unpaired) electrons. The average Bonchev–Trinajstić information content (AvgIpc) is 2.64. The molecule has 1 N–H and O–H groups in total. The highest BCUT2D eigenvalue weighted by molar-refractivity contribution is 5.81. The second-order valence-electron chi connectivity index (χ2n) is 8.32. The van der Waals surface area contributed by atoms with Crippen molar-refractivity contribution in [3.8, 4) is 11.5 Å². The third kappa shape index (κ3) is 6.59. The number of benzene rings is 2. The molecule has 2 rings (SSSR count). The van der Waals surface area contributed by atoms with Gasteiger partial charge in [0.2, 0.25) is 0 Å². The molecule has 0 fully saturated rings. The number of rotatable bonds is 8. The summed E-state index contributed by atoms with van der Waals surface area (Å²) in [6.07, 6.45) is 0.239. The van der Waals surface area contributed by atoms with E-state index in [2.05, 4.69) is 38.2 Å². The molecule has 0 spiro atoms. The lowest BCUT2D eigenvalue weighted by Crippen LogP contribution is -2.37. The maximum atomic E-state index is 12.5. The lowest BCUT2D eigenvalue weighted by atomic mass is 9.87. The van der Waals surface area contributed by atoms with Gasteiger partial charge in [-0.05, 0) is 61.1 Å². The number of nitrogens with one attached hydrogen (secondary N) is 1. The van der Waals surface area contributed by atoms with E-state index in [1.165, 1.54) is 5.56 Å². The lowest BCUT2D eigenvalue weighted by molar-refractivity contribution is -0.128. The Morgan fingerprint density at radius 3 is 1.96 bits per heavy atom. The predicted octanol–water partition coefficient (Wildman–Crippen LogP) is 5.25. The first kappa shape index (κ1) is 21.8. The van der Waals surface area contributed by atoms with E-state index in [1.54, 1.807) is 0 Å². The van der Waals surface area contributed by atoms with Crippen LogP contribution in [0, 0.1) is 0 Å². The van der Waals surface area contributed by atoms with Gasteiger partial charge in [-0.2, -0.15) is 0 Å². The molecule has 1 atom stereocenters. The molecule has 0 aliphatic rings. The van der Waals surface area contributed by atoms with E-state index in [1.807, 2.05) is 57.2 Å². The van der Waals surface area contributed by atoms with Crippen LogP contribution in [-0.4, -0.2) is 18.1 Å². The summed E-state index contributed by atoms with van der Waals surface area (Å²) in [5.74, 6) is 1.44. The van der Waals surface area contributed by atoms with E-state index in [-0.39, 0.29) is 17.4 Å². The topological polar surface area (TPSA) is 47.6 Å². The summed E-state index contributed by atoms with van der Waals surface area (Å²) in [5, 5.41) is 2.96. The highest BCUT2D eigenvalue weighted by Crippen LogP contribution is 2.25. The highest BCUT2D eigenvalue weighted by atomic mass is 16.5. The molecule has 152 valence electrons. The second-order valence-corrected chi connectivity index (χ2v) is 8.32. The van der Waals surface area contributed by atoms with Gasteiger partial charge < -0.3 is 14.8 Å². The number of hydrogen-bond donors (Lipinski definition) is 1. The van der Waals surface area contributed by atoms with Gasteiger partial charge in [0.1, 0.15) is 11.5 Å². The molecule has 1 unspecified atom stereocenters. The van der Waals surface area contributed by atoms with E-state index in [0.717, 1.165) is 11.3 Å². The van der Waals surface area contributed by atoms with Gasteiger partial charge in [0.25, 0.3) is 5.91 Å². The Bertz CT molecular complexity index is 743.